The Hall–Kier alpha value is -3.78. The van der Waals surface area contributed by atoms with Crippen LogP contribution in [-0.2, 0) is 22.5 Å². The fraction of sp³-hybridized carbons (Fsp3) is 0.200. The molecule has 0 aliphatic carbocycles. The molecule has 1 atom stereocenters. The van der Waals surface area contributed by atoms with Crippen molar-refractivity contribution in [1.29, 1.82) is 5.41 Å². The predicted molar refractivity (Wildman–Crippen MR) is 121 cm³/mol. The molecule has 6 nitrogen and oxygen atoms in total. The lowest BCUT2D eigenvalue weighted by molar-refractivity contribution is -0.131. The second kappa shape index (κ2) is 11.2. The number of ether oxygens (including phenoxy) is 2. The van der Waals surface area contributed by atoms with Crippen molar-refractivity contribution in [1.82, 2.24) is 5.32 Å². The van der Waals surface area contributed by atoms with Crippen LogP contribution < -0.4 is 15.8 Å². The summed E-state index contributed by atoms with van der Waals surface area (Å²) in [5, 5.41) is 10.1. The molecule has 3 aromatic carbocycles. The zero-order valence-corrected chi connectivity index (χ0v) is 18.1. The first-order valence-electron chi connectivity index (χ1n) is 10.3. The van der Waals surface area contributed by atoms with Crippen LogP contribution in [0, 0.1) is 17.0 Å². The van der Waals surface area contributed by atoms with Crippen molar-refractivity contribution in [3.05, 3.63) is 101 Å². The van der Waals surface area contributed by atoms with Gasteiger partial charge in [0.25, 0.3) is 5.91 Å². The first kappa shape index (κ1) is 23.9. The minimum absolute atomic E-state index is 0.0385. The maximum atomic E-state index is 14.7. The van der Waals surface area contributed by atoms with Crippen molar-refractivity contribution >= 4 is 11.7 Å². The SMILES string of the molecule is CO[C@H](C(=O)NCc1ccc(C(=N)N)cc1)c1ccc(OCCc2ccc(F)cc2)cc1F. The number of methoxy groups -OCH3 is 1. The molecule has 0 spiro atoms. The van der Waals surface area contributed by atoms with Gasteiger partial charge in [-0.15, -0.1) is 0 Å². The van der Waals surface area contributed by atoms with Crippen LogP contribution in [0.15, 0.2) is 66.7 Å². The smallest absolute Gasteiger partial charge is 0.254 e. The number of nitrogen functional groups attached to an aromatic ring is 1. The number of hydrogen-bond acceptors (Lipinski definition) is 4. The number of nitrogens with two attached hydrogens (primary N) is 1. The van der Waals surface area contributed by atoms with E-state index in [0.29, 0.717) is 24.3 Å². The zero-order valence-electron chi connectivity index (χ0n) is 18.1. The first-order valence-corrected chi connectivity index (χ1v) is 10.3. The molecule has 0 aliphatic rings. The number of nitrogens with one attached hydrogen (secondary N) is 2. The summed E-state index contributed by atoms with van der Waals surface area (Å²) in [7, 11) is 1.33. The predicted octanol–water partition coefficient (Wildman–Crippen LogP) is 3.87. The Morgan fingerprint density at radius 1 is 1.03 bits per heavy atom. The van der Waals surface area contributed by atoms with Gasteiger partial charge in [0.05, 0.1) is 6.61 Å². The van der Waals surface area contributed by atoms with Crippen molar-refractivity contribution in [2.24, 2.45) is 5.73 Å². The van der Waals surface area contributed by atoms with Gasteiger partial charge in [-0.1, -0.05) is 36.4 Å². The number of halogens is 2. The molecule has 0 saturated heterocycles. The molecule has 0 unspecified atom stereocenters. The zero-order chi connectivity index (χ0) is 23.8. The fourth-order valence-electron chi connectivity index (χ4n) is 3.21. The summed E-state index contributed by atoms with van der Waals surface area (Å²) >= 11 is 0. The van der Waals surface area contributed by atoms with E-state index < -0.39 is 17.8 Å². The first-order chi connectivity index (χ1) is 15.9. The highest BCUT2D eigenvalue weighted by Gasteiger charge is 2.23. The molecule has 8 heteroatoms. The van der Waals surface area contributed by atoms with E-state index in [9.17, 15) is 13.6 Å². The average Bonchev–Trinajstić information content (AvgIpc) is 2.81. The van der Waals surface area contributed by atoms with E-state index >= 15 is 0 Å². The van der Waals surface area contributed by atoms with Gasteiger partial charge in [-0.25, -0.2) is 8.78 Å². The van der Waals surface area contributed by atoms with Crippen LogP contribution in [0.4, 0.5) is 8.78 Å². The average molecular weight is 453 g/mol. The molecule has 4 N–H and O–H groups in total. The Balaban J connectivity index is 1.57. The van der Waals surface area contributed by atoms with Crippen LogP contribution in [-0.4, -0.2) is 25.5 Å². The number of benzene rings is 3. The maximum absolute atomic E-state index is 14.7. The standard InChI is InChI=1S/C25H25F2N3O3/c1-32-23(25(31)30-15-17-2-6-18(7-3-17)24(28)29)21-11-10-20(14-22(21)27)33-13-12-16-4-8-19(26)9-5-16/h2-11,14,23H,12-13,15H2,1H3,(H3,28,29)(H,30,31)/t23-/m0/s1. The minimum Gasteiger partial charge on any atom is -0.493 e. The molecule has 0 aromatic heterocycles. The van der Waals surface area contributed by atoms with E-state index in [2.05, 4.69) is 5.32 Å². The van der Waals surface area contributed by atoms with Crippen LogP contribution in [0.5, 0.6) is 5.75 Å². The molecule has 3 aromatic rings. The van der Waals surface area contributed by atoms with E-state index in [1.807, 2.05) is 0 Å². The third-order valence-corrected chi connectivity index (χ3v) is 5.03. The fourth-order valence-corrected chi connectivity index (χ4v) is 3.21. The highest BCUT2D eigenvalue weighted by Crippen LogP contribution is 2.25. The number of amidine groups is 1. The van der Waals surface area contributed by atoms with Crippen molar-refractivity contribution in [3.63, 3.8) is 0 Å². The van der Waals surface area contributed by atoms with Gasteiger partial charge in [0, 0.05) is 37.3 Å². The van der Waals surface area contributed by atoms with Crippen molar-refractivity contribution in [3.8, 4) is 5.75 Å². The Morgan fingerprint density at radius 2 is 1.70 bits per heavy atom. The summed E-state index contributed by atoms with van der Waals surface area (Å²) in [5.41, 5.74) is 7.81. The molecule has 3 rings (SSSR count). The lowest BCUT2D eigenvalue weighted by atomic mass is 10.1. The Labute approximate surface area is 190 Å². The molecule has 0 fully saturated rings. The number of carbonyl (C=O) groups excluding carboxylic acids is 1. The summed E-state index contributed by atoms with van der Waals surface area (Å²) in [6, 6.07) is 17.2. The van der Waals surface area contributed by atoms with Gasteiger partial charge >= 0.3 is 0 Å². The third-order valence-electron chi connectivity index (χ3n) is 5.03. The van der Waals surface area contributed by atoms with Gasteiger partial charge in [-0.05, 0) is 35.4 Å². The molecule has 0 bridgehead atoms. The van der Waals surface area contributed by atoms with Crippen molar-refractivity contribution in [2.75, 3.05) is 13.7 Å². The van der Waals surface area contributed by atoms with E-state index in [4.69, 9.17) is 20.6 Å². The van der Waals surface area contributed by atoms with Gasteiger partial charge in [0.2, 0.25) is 0 Å². The molecule has 1 amide bonds. The molecule has 0 radical (unpaired) electrons. The van der Waals surface area contributed by atoms with Crippen molar-refractivity contribution < 1.29 is 23.0 Å². The topological polar surface area (TPSA) is 97.4 Å². The minimum atomic E-state index is -1.13. The summed E-state index contributed by atoms with van der Waals surface area (Å²) < 4.78 is 38.5. The van der Waals surface area contributed by atoms with E-state index in [0.717, 1.165) is 11.1 Å². The summed E-state index contributed by atoms with van der Waals surface area (Å²) in [4.78, 5) is 12.6. The van der Waals surface area contributed by atoms with E-state index in [1.54, 1.807) is 42.5 Å². The lowest BCUT2D eigenvalue weighted by Crippen LogP contribution is -2.30. The highest BCUT2D eigenvalue weighted by molar-refractivity contribution is 5.94. The van der Waals surface area contributed by atoms with Gasteiger partial charge in [-0.3, -0.25) is 10.2 Å². The molecule has 0 heterocycles. The number of rotatable bonds is 10. The lowest BCUT2D eigenvalue weighted by Gasteiger charge is -2.17. The monoisotopic (exact) mass is 453 g/mol. The van der Waals surface area contributed by atoms with Gasteiger partial charge in [0.1, 0.15) is 23.2 Å². The van der Waals surface area contributed by atoms with Crippen LogP contribution in [0.3, 0.4) is 0 Å². The van der Waals surface area contributed by atoms with Gasteiger partial charge in [-0.2, -0.15) is 0 Å². The summed E-state index contributed by atoms with van der Waals surface area (Å²) in [6.45, 7) is 0.504. The van der Waals surface area contributed by atoms with Crippen LogP contribution in [0.2, 0.25) is 0 Å². The van der Waals surface area contributed by atoms with Crippen LogP contribution in [0.1, 0.15) is 28.4 Å². The third kappa shape index (κ3) is 6.60. The van der Waals surface area contributed by atoms with Gasteiger partial charge < -0.3 is 20.5 Å². The second-order valence-electron chi connectivity index (χ2n) is 7.35. The largest absolute Gasteiger partial charge is 0.493 e. The molecule has 172 valence electrons. The number of carbonyl (C=O) groups is 1. The van der Waals surface area contributed by atoms with Crippen molar-refractivity contribution in [2.45, 2.75) is 19.1 Å². The Kier molecular flexibility index (Phi) is 8.10. The number of amides is 1. The molecular weight excluding hydrogens is 428 g/mol. The highest BCUT2D eigenvalue weighted by atomic mass is 19.1. The van der Waals surface area contributed by atoms with Gasteiger partial charge in [0.15, 0.2) is 6.10 Å². The van der Waals surface area contributed by atoms with Crippen LogP contribution >= 0.6 is 0 Å². The summed E-state index contributed by atoms with van der Waals surface area (Å²) in [5.74, 6) is -1.14. The van der Waals surface area contributed by atoms with Crippen LogP contribution in [0.25, 0.3) is 0 Å². The maximum Gasteiger partial charge on any atom is 0.254 e. The normalized spacial score (nSPS) is 11.6. The second-order valence-corrected chi connectivity index (χ2v) is 7.35. The van der Waals surface area contributed by atoms with E-state index in [1.165, 1.54) is 31.4 Å². The number of hydrogen-bond donors (Lipinski definition) is 3. The quantitative estimate of drug-likeness (QED) is 0.321. The summed E-state index contributed by atoms with van der Waals surface area (Å²) in [6.07, 6.45) is -0.588. The molecular formula is C25H25F2N3O3. The van der Waals surface area contributed by atoms with E-state index in [-0.39, 0.29) is 23.8 Å². The molecule has 0 saturated carbocycles. The Morgan fingerprint density at radius 3 is 2.30 bits per heavy atom. The molecule has 0 aliphatic heterocycles. The molecule has 33 heavy (non-hydrogen) atoms. The Bertz CT molecular complexity index is 1100.